The third-order valence-corrected chi connectivity index (χ3v) is 4.34. The van der Waals surface area contributed by atoms with E-state index in [2.05, 4.69) is 38.9 Å². The van der Waals surface area contributed by atoms with E-state index in [1.54, 1.807) is 7.11 Å². The van der Waals surface area contributed by atoms with Crippen molar-refractivity contribution in [2.24, 2.45) is 5.92 Å². The second-order valence-corrected chi connectivity index (χ2v) is 5.79. The summed E-state index contributed by atoms with van der Waals surface area (Å²) in [5, 5.41) is 0. The van der Waals surface area contributed by atoms with Crippen LogP contribution in [0.4, 0.5) is 0 Å². The maximum Gasteiger partial charge on any atom is 0.119 e. The zero-order valence-corrected chi connectivity index (χ0v) is 12.8. The van der Waals surface area contributed by atoms with Crippen LogP contribution in [-0.4, -0.2) is 32.6 Å². The lowest BCUT2D eigenvalue weighted by Gasteiger charge is -2.34. The topological polar surface area (TPSA) is 12.5 Å². The zero-order valence-electron chi connectivity index (χ0n) is 12.0. The first-order valence-electron chi connectivity index (χ1n) is 6.42. The standard InChI is InChI=1S/C15H24ClNO/c1-6-15(16,12(2)11-17(3)4)13-8-7-9-14(10-13)18-5/h7-10,12H,6,11H2,1-5H3/t12-,15-/m0/s1. The third-order valence-electron chi connectivity index (χ3n) is 3.48. The molecular formula is C15H24ClNO. The highest BCUT2D eigenvalue weighted by Crippen LogP contribution is 2.41. The summed E-state index contributed by atoms with van der Waals surface area (Å²) in [6.07, 6.45) is 0.900. The van der Waals surface area contributed by atoms with E-state index in [1.165, 1.54) is 0 Å². The van der Waals surface area contributed by atoms with Gasteiger partial charge in [-0.1, -0.05) is 26.0 Å². The van der Waals surface area contributed by atoms with Gasteiger partial charge in [0.15, 0.2) is 0 Å². The number of alkyl halides is 1. The summed E-state index contributed by atoms with van der Waals surface area (Å²) in [6.45, 7) is 5.31. The second-order valence-electron chi connectivity index (χ2n) is 5.11. The fourth-order valence-electron chi connectivity index (χ4n) is 2.41. The molecule has 0 aliphatic heterocycles. The molecule has 0 radical (unpaired) electrons. The molecule has 2 atom stereocenters. The van der Waals surface area contributed by atoms with Gasteiger partial charge in [-0.15, -0.1) is 11.6 Å². The summed E-state index contributed by atoms with van der Waals surface area (Å²) in [7, 11) is 5.84. The average Bonchev–Trinajstić information content (AvgIpc) is 2.37. The van der Waals surface area contributed by atoms with Crippen molar-refractivity contribution >= 4 is 11.6 Å². The van der Waals surface area contributed by atoms with Gasteiger partial charge in [0.25, 0.3) is 0 Å². The van der Waals surface area contributed by atoms with Crippen LogP contribution < -0.4 is 4.74 Å². The van der Waals surface area contributed by atoms with Crippen LogP contribution >= 0.6 is 11.6 Å². The molecule has 0 spiro atoms. The first-order chi connectivity index (χ1) is 8.43. The molecule has 0 amide bonds. The van der Waals surface area contributed by atoms with Gasteiger partial charge in [-0.25, -0.2) is 0 Å². The molecule has 0 saturated heterocycles. The minimum Gasteiger partial charge on any atom is -0.497 e. The van der Waals surface area contributed by atoms with Crippen molar-refractivity contribution in [3.8, 4) is 5.75 Å². The summed E-state index contributed by atoms with van der Waals surface area (Å²) in [6, 6.07) is 8.09. The lowest BCUT2D eigenvalue weighted by molar-refractivity contribution is 0.278. The number of hydrogen-bond acceptors (Lipinski definition) is 2. The maximum absolute atomic E-state index is 6.89. The molecule has 102 valence electrons. The number of benzene rings is 1. The second kappa shape index (κ2) is 6.44. The minimum absolute atomic E-state index is 0.335. The van der Waals surface area contributed by atoms with Gasteiger partial charge < -0.3 is 9.64 Å². The Morgan fingerprint density at radius 3 is 2.56 bits per heavy atom. The molecule has 18 heavy (non-hydrogen) atoms. The number of hydrogen-bond donors (Lipinski definition) is 0. The summed E-state index contributed by atoms with van der Waals surface area (Å²) in [5.41, 5.74) is 1.14. The first-order valence-corrected chi connectivity index (χ1v) is 6.80. The van der Waals surface area contributed by atoms with E-state index in [-0.39, 0.29) is 4.87 Å². The normalized spacial score (nSPS) is 16.4. The summed E-state index contributed by atoms with van der Waals surface area (Å²) in [5.74, 6) is 1.23. The van der Waals surface area contributed by atoms with Crippen molar-refractivity contribution in [1.82, 2.24) is 4.90 Å². The van der Waals surface area contributed by atoms with Crippen molar-refractivity contribution < 1.29 is 4.74 Å². The predicted molar refractivity (Wildman–Crippen MR) is 78.5 cm³/mol. The Morgan fingerprint density at radius 1 is 1.39 bits per heavy atom. The Labute approximate surface area is 116 Å². The number of methoxy groups -OCH3 is 1. The van der Waals surface area contributed by atoms with Gasteiger partial charge in [-0.05, 0) is 44.1 Å². The summed E-state index contributed by atoms with van der Waals surface area (Å²) >= 11 is 6.89. The fourth-order valence-corrected chi connectivity index (χ4v) is 2.60. The first kappa shape index (κ1) is 15.3. The molecule has 2 nitrogen and oxygen atoms in total. The van der Waals surface area contributed by atoms with Crippen LogP contribution in [0.25, 0.3) is 0 Å². The molecule has 0 aliphatic carbocycles. The van der Waals surface area contributed by atoms with Gasteiger partial charge in [-0.2, -0.15) is 0 Å². The van der Waals surface area contributed by atoms with Crippen LogP contribution in [-0.2, 0) is 4.87 Å². The summed E-state index contributed by atoms with van der Waals surface area (Å²) in [4.78, 5) is 1.84. The van der Waals surface area contributed by atoms with Gasteiger partial charge in [0.05, 0.1) is 12.0 Å². The molecule has 0 fully saturated rings. The van der Waals surface area contributed by atoms with Crippen LogP contribution in [0.2, 0.25) is 0 Å². The third kappa shape index (κ3) is 3.39. The molecule has 3 heteroatoms. The van der Waals surface area contributed by atoms with Gasteiger partial charge in [0.1, 0.15) is 5.75 Å². The fraction of sp³-hybridized carbons (Fsp3) is 0.600. The molecule has 0 unspecified atom stereocenters. The smallest absolute Gasteiger partial charge is 0.119 e. The Bertz CT molecular complexity index is 381. The number of halogens is 1. The molecule has 1 aromatic carbocycles. The zero-order chi connectivity index (χ0) is 13.8. The van der Waals surface area contributed by atoms with Crippen LogP contribution in [0.15, 0.2) is 24.3 Å². The number of rotatable bonds is 6. The largest absolute Gasteiger partial charge is 0.497 e. The molecule has 1 rings (SSSR count). The van der Waals surface area contributed by atoms with Gasteiger partial charge in [-0.3, -0.25) is 0 Å². The van der Waals surface area contributed by atoms with E-state index in [4.69, 9.17) is 16.3 Å². The Morgan fingerprint density at radius 2 is 2.06 bits per heavy atom. The lowest BCUT2D eigenvalue weighted by Crippen LogP contribution is -2.34. The van der Waals surface area contributed by atoms with Crippen LogP contribution in [0.1, 0.15) is 25.8 Å². The van der Waals surface area contributed by atoms with E-state index in [0.29, 0.717) is 5.92 Å². The minimum atomic E-state index is -0.335. The van der Waals surface area contributed by atoms with Crippen LogP contribution in [0.3, 0.4) is 0 Å². The van der Waals surface area contributed by atoms with Gasteiger partial charge in [0, 0.05) is 6.54 Å². The van der Waals surface area contributed by atoms with E-state index < -0.39 is 0 Å². The highest BCUT2D eigenvalue weighted by atomic mass is 35.5. The quantitative estimate of drug-likeness (QED) is 0.730. The van der Waals surface area contributed by atoms with Crippen molar-refractivity contribution in [3.05, 3.63) is 29.8 Å². The van der Waals surface area contributed by atoms with E-state index in [1.807, 2.05) is 18.2 Å². The molecule has 0 aromatic heterocycles. The molecule has 0 bridgehead atoms. The number of ether oxygens (including phenoxy) is 1. The predicted octanol–water partition coefficient (Wildman–Crippen LogP) is 3.74. The molecule has 0 heterocycles. The Kier molecular flexibility index (Phi) is 5.48. The SMILES string of the molecule is CC[C@@](Cl)(c1cccc(OC)c1)[C@@H](C)CN(C)C. The van der Waals surface area contributed by atoms with Gasteiger partial charge in [0.2, 0.25) is 0 Å². The van der Waals surface area contributed by atoms with Crippen molar-refractivity contribution in [2.45, 2.75) is 25.1 Å². The van der Waals surface area contributed by atoms with E-state index >= 15 is 0 Å². The number of nitrogens with zero attached hydrogens (tertiary/aromatic N) is 1. The monoisotopic (exact) mass is 269 g/mol. The molecule has 0 aliphatic rings. The molecular weight excluding hydrogens is 246 g/mol. The van der Waals surface area contributed by atoms with Crippen LogP contribution in [0, 0.1) is 5.92 Å². The molecule has 0 N–H and O–H groups in total. The highest BCUT2D eigenvalue weighted by Gasteiger charge is 2.34. The van der Waals surface area contributed by atoms with Crippen molar-refractivity contribution in [3.63, 3.8) is 0 Å². The van der Waals surface area contributed by atoms with E-state index in [0.717, 1.165) is 24.3 Å². The molecule has 1 aromatic rings. The van der Waals surface area contributed by atoms with Crippen LogP contribution in [0.5, 0.6) is 5.75 Å². The highest BCUT2D eigenvalue weighted by molar-refractivity contribution is 6.24. The summed E-state index contributed by atoms with van der Waals surface area (Å²) < 4.78 is 5.29. The van der Waals surface area contributed by atoms with Crippen molar-refractivity contribution in [1.29, 1.82) is 0 Å². The Hall–Kier alpha value is -0.730. The van der Waals surface area contributed by atoms with Gasteiger partial charge >= 0.3 is 0 Å². The van der Waals surface area contributed by atoms with E-state index in [9.17, 15) is 0 Å². The maximum atomic E-state index is 6.89. The lowest BCUT2D eigenvalue weighted by atomic mass is 9.83. The average molecular weight is 270 g/mol. The Balaban J connectivity index is 3.05. The van der Waals surface area contributed by atoms with Crippen molar-refractivity contribution in [2.75, 3.05) is 27.7 Å². The molecule has 0 saturated carbocycles.